The van der Waals surface area contributed by atoms with Crippen LogP contribution in [0.25, 0.3) is 11.6 Å². The molecule has 1 aliphatic rings. The highest BCUT2D eigenvalue weighted by Crippen LogP contribution is 2.23. The predicted molar refractivity (Wildman–Crippen MR) is 89.4 cm³/mol. The number of nitrogens with one attached hydrogen (secondary N) is 1. The molecule has 0 bridgehead atoms. The minimum absolute atomic E-state index is 0.0611. The fraction of sp³-hybridized carbons (Fsp3) is 0.294. The second-order valence-corrected chi connectivity index (χ2v) is 6.81. The van der Waals surface area contributed by atoms with Gasteiger partial charge in [-0.1, -0.05) is 0 Å². The van der Waals surface area contributed by atoms with Crippen molar-refractivity contribution in [2.45, 2.75) is 26.4 Å². The molecule has 0 spiro atoms. The van der Waals surface area contributed by atoms with E-state index in [2.05, 4.69) is 33.2 Å². The van der Waals surface area contributed by atoms with Gasteiger partial charge in [-0.2, -0.15) is 0 Å². The van der Waals surface area contributed by atoms with Gasteiger partial charge in [0, 0.05) is 30.9 Å². The predicted octanol–water partition coefficient (Wildman–Crippen LogP) is 2.96. The van der Waals surface area contributed by atoms with E-state index in [9.17, 15) is 4.79 Å². The standard InChI is InChI=1S/C17H17N3O2S/c1-11-5-8-23-15(11)10-20-6-4-13-12(9-20)17(21)19-16(18-13)14-3-2-7-22-14/h2-3,5,7-8H,4,6,9-10H2,1H3,(H,18,19,21). The van der Waals surface area contributed by atoms with E-state index in [1.165, 1.54) is 10.4 Å². The summed E-state index contributed by atoms with van der Waals surface area (Å²) in [6.45, 7) is 4.59. The highest BCUT2D eigenvalue weighted by Gasteiger charge is 2.22. The quantitative estimate of drug-likeness (QED) is 0.803. The largest absolute Gasteiger partial charge is 0.461 e. The molecule has 0 amide bonds. The number of aromatic amines is 1. The van der Waals surface area contributed by atoms with Crippen LogP contribution in [0.15, 0.2) is 39.1 Å². The maximum absolute atomic E-state index is 12.4. The summed E-state index contributed by atoms with van der Waals surface area (Å²) < 4.78 is 5.33. The number of thiophene rings is 1. The molecule has 0 fully saturated rings. The zero-order chi connectivity index (χ0) is 15.8. The number of H-pyrrole nitrogens is 1. The van der Waals surface area contributed by atoms with E-state index in [1.807, 2.05) is 0 Å². The lowest BCUT2D eigenvalue weighted by Crippen LogP contribution is -2.35. The van der Waals surface area contributed by atoms with Gasteiger partial charge in [-0.15, -0.1) is 11.3 Å². The molecule has 3 aromatic rings. The van der Waals surface area contributed by atoms with Gasteiger partial charge >= 0.3 is 0 Å². The van der Waals surface area contributed by atoms with Crippen molar-refractivity contribution in [1.82, 2.24) is 14.9 Å². The van der Waals surface area contributed by atoms with Crippen LogP contribution in [0.1, 0.15) is 21.7 Å². The zero-order valence-corrected chi connectivity index (χ0v) is 13.7. The monoisotopic (exact) mass is 327 g/mol. The van der Waals surface area contributed by atoms with Crippen LogP contribution in [0.5, 0.6) is 0 Å². The number of hydrogen-bond acceptors (Lipinski definition) is 5. The Balaban J connectivity index is 1.60. The average Bonchev–Trinajstić information content (AvgIpc) is 3.20. The van der Waals surface area contributed by atoms with Crippen molar-refractivity contribution in [3.8, 4) is 11.6 Å². The number of aromatic nitrogens is 2. The SMILES string of the molecule is Cc1ccsc1CN1CCc2nc(-c3ccco3)[nH]c(=O)c2C1. The summed E-state index contributed by atoms with van der Waals surface area (Å²) in [7, 11) is 0. The third-order valence-corrected chi connectivity index (χ3v) is 5.25. The molecule has 4 heterocycles. The van der Waals surface area contributed by atoms with Crippen LogP contribution in [0.3, 0.4) is 0 Å². The van der Waals surface area contributed by atoms with Gasteiger partial charge in [-0.25, -0.2) is 4.98 Å². The summed E-state index contributed by atoms with van der Waals surface area (Å²) in [5.74, 6) is 1.11. The Kier molecular flexibility index (Phi) is 3.63. The number of nitrogens with zero attached hydrogens (tertiary/aromatic N) is 2. The van der Waals surface area contributed by atoms with Gasteiger partial charge in [-0.05, 0) is 36.1 Å². The molecule has 23 heavy (non-hydrogen) atoms. The summed E-state index contributed by atoms with van der Waals surface area (Å²) in [5, 5.41) is 2.12. The van der Waals surface area contributed by atoms with Gasteiger partial charge in [0.05, 0.1) is 17.5 Å². The van der Waals surface area contributed by atoms with E-state index >= 15 is 0 Å². The van der Waals surface area contributed by atoms with Crippen LogP contribution < -0.4 is 5.56 Å². The van der Waals surface area contributed by atoms with Gasteiger partial charge < -0.3 is 9.40 Å². The van der Waals surface area contributed by atoms with Crippen molar-refractivity contribution < 1.29 is 4.42 Å². The second-order valence-electron chi connectivity index (χ2n) is 5.80. The van der Waals surface area contributed by atoms with E-state index < -0.39 is 0 Å². The number of rotatable bonds is 3. The lowest BCUT2D eigenvalue weighted by molar-refractivity contribution is 0.243. The number of furan rings is 1. The molecule has 118 valence electrons. The molecule has 1 aliphatic heterocycles. The molecule has 6 heteroatoms. The van der Waals surface area contributed by atoms with Gasteiger partial charge in [0.25, 0.3) is 5.56 Å². The van der Waals surface area contributed by atoms with E-state index in [4.69, 9.17) is 4.42 Å². The molecular weight excluding hydrogens is 310 g/mol. The van der Waals surface area contributed by atoms with Crippen LogP contribution in [-0.4, -0.2) is 21.4 Å². The first kappa shape index (κ1) is 14.4. The first-order valence-electron chi connectivity index (χ1n) is 7.62. The summed E-state index contributed by atoms with van der Waals surface area (Å²) in [6, 6.07) is 5.74. The third-order valence-electron chi connectivity index (χ3n) is 4.24. The van der Waals surface area contributed by atoms with E-state index in [0.29, 0.717) is 18.1 Å². The van der Waals surface area contributed by atoms with Crippen molar-refractivity contribution in [2.75, 3.05) is 6.54 Å². The molecule has 0 aliphatic carbocycles. The fourth-order valence-electron chi connectivity index (χ4n) is 2.92. The number of hydrogen-bond donors (Lipinski definition) is 1. The Labute approximate surface area is 137 Å². The minimum Gasteiger partial charge on any atom is -0.461 e. The molecule has 0 radical (unpaired) electrons. The highest BCUT2D eigenvalue weighted by molar-refractivity contribution is 7.10. The van der Waals surface area contributed by atoms with E-state index in [0.717, 1.165) is 30.8 Å². The number of fused-ring (bicyclic) bond motifs is 1. The van der Waals surface area contributed by atoms with Crippen LogP contribution in [0.4, 0.5) is 0 Å². The smallest absolute Gasteiger partial charge is 0.256 e. The molecule has 0 atom stereocenters. The van der Waals surface area contributed by atoms with Crippen LogP contribution in [-0.2, 0) is 19.5 Å². The Bertz CT molecular complexity index is 880. The lowest BCUT2D eigenvalue weighted by Gasteiger charge is -2.27. The van der Waals surface area contributed by atoms with Crippen molar-refractivity contribution in [3.05, 3.63) is 61.9 Å². The summed E-state index contributed by atoms with van der Waals surface area (Å²) in [5.41, 5.74) is 2.93. The van der Waals surface area contributed by atoms with Crippen LogP contribution in [0.2, 0.25) is 0 Å². The first-order chi connectivity index (χ1) is 11.2. The Morgan fingerprint density at radius 1 is 1.43 bits per heavy atom. The Hall–Kier alpha value is -2.18. The molecule has 4 rings (SSSR count). The maximum atomic E-state index is 12.4. The van der Waals surface area contributed by atoms with Crippen LogP contribution in [0, 0.1) is 6.92 Å². The molecule has 0 aromatic carbocycles. The van der Waals surface area contributed by atoms with Crippen molar-refractivity contribution in [1.29, 1.82) is 0 Å². The molecule has 0 saturated heterocycles. The zero-order valence-electron chi connectivity index (χ0n) is 12.8. The molecule has 1 N–H and O–H groups in total. The molecule has 3 aromatic heterocycles. The van der Waals surface area contributed by atoms with Gasteiger partial charge in [-0.3, -0.25) is 9.69 Å². The molecular formula is C17H17N3O2S. The molecule has 0 unspecified atom stereocenters. The second kappa shape index (κ2) is 5.79. The van der Waals surface area contributed by atoms with E-state index in [-0.39, 0.29) is 5.56 Å². The Morgan fingerprint density at radius 3 is 3.09 bits per heavy atom. The fourth-order valence-corrected chi connectivity index (χ4v) is 3.86. The summed E-state index contributed by atoms with van der Waals surface area (Å²) in [6.07, 6.45) is 2.37. The van der Waals surface area contributed by atoms with Gasteiger partial charge in [0.2, 0.25) is 0 Å². The van der Waals surface area contributed by atoms with Gasteiger partial charge in [0.15, 0.2) is 11.6 Å². The van der Waals surface area contributed by atoms with Gasteiger partial charge in [0.1, 0.15) is 0 Å². The summed E-state index contributed by atoms with van der Waals surface area (Å²) >= 11 is 1.77. The molecule has 0 saturated carbocycles. The summed E-state index contributed by atoms with van der Waals surface area (Å²) in [4.78, 5) is 23.5. The Morgan fingerprint density at radius 2 is 2.35 bits per heavy atom. The topological polar surface area (TPSA) is 62.1 Å². The number of aryl methyl sites for hydroxylation is 1. The van der Waals surface area contributed by atoms with Crippen LogP contribution >= 0.6 is 11.3 Å². The maximum Gasteiger partial charge on any atom is 0.256 e. The lowest BCUT2D eigenvalue weighted by atomic mass is 10.1. The third kappa shape index (κ3) is 2.75. The normalized spacial score (nSPS) is 14.8. The molecule has 5 nitrogen and oxygen atoms in total. The highest BCUT2D eigenvalue weighted by atomic mass is 32.1. The van der Waals surface area contributed by atoms with Crippen molar-refractivity contribution >= 4 is 11.3 Å². The minimum atomic E-state index is -0.0611. The van der Waals surface area contributed by atoms with E-state index in [1.54, 1.807) is 29.7 Å². The van der Waals surface area contributed by atoms with Crippen molar-refractivity contribution in [2.24, 2.45) is 0 Å². The average molecular weight is 327 g/mol. The first-order valence-corrected chi connectivity index (χ1v) is 8.50. The van der Waals surface area contributed by atoms with Crippen molar-refractivity contribution in [3.63, 3.8) is 0 Å².